The quantitative estimate of drug-likeness (QED) is 0.887. The summed E-state index contributed by atoms with van der Waals surface area (Å²) in [6, 6.07) is 0.630. The van der Waals surface area contributed by atoms with Crippen LogP contribution in [0.4, 0.5) is 10.6 Å². The summed E-state index contributed by atoms with van der Waals surface area (Å²) >= 11 is 0. The molecule has 0 radical (unpaired) electrons. The average molecular weight is 341 g/mol. The number of nitrogens with one attached hydrogen (secondary N) is 2. The molecule has 2 amide bonds. The number of aromatic nitrogens is 2. The molecule has 134 valence electrons. The van der Waals surface area contributed by atoms with Crippen molar-refractivity contribution < 1.29 is 4.79 Å². The first-order chi connectivity index (χ1) is 12.3. The number of carbonyl (C=O) groups excluding carboxylic acids is 1. The molecule has 1 aliphatic heterocycles. The SMILES string of the molecule is O=C(NC1CCCCC1)NC1CCN(c2ncnc3c2C=CC3)CC1. The first-order valence-corrected chi connectivity index (χ1v) is 9.62. The molecule has 1 saturated heterocycles. The Hall–Kier alpha value is -2.11. The standard InChI is InChI=1S/C19H27N5O/c25-19(22-14-5-2-1-3-6-14)23-15-9-11-24(12-10-15)18-16-7-4-8-17(16)20-13-21-18/h4,7,13-15H,1-3,5-6,8-12H2,(H2,22,23,25). The number of hydrogen-bond donors (Lipinski definition) is 2. The number of urea groups is 1. The van der Waals surface area contributed by atoms with Gasteiger partial charge in [-0.2, -0.15) is 0 Å². The number of anilines is 1. The first kappa shape index (κ1) is 16.4. The van der Waals surface area contributed by atoms with E-state index in [1.807, 2.05) is 0 Å². The van der Waals surface area contributed by atoms with Crippen molar-refractivity contribution in [2.45, 2.75) is 63.5 Å². The molecule has 1 aromatic rings. The maximum Gasteiger partial charge on any atom is 0.315 e. The minimum absolute atomic E-state index is 0.0104. The van der Waals surface area contributed by atoms with E-state index in [1.54, 1.807) is 6.33 Å². The zero-order valence-electron chi connectivity index (χ0n) is 14.7. The van der Waals surface area contributed by atoms with Crippen LogP contribution < -0.4 is 15.5 Å². The van der Waals surface area contributed by atoms with Gasteiger partial charge in [0.2, 0.25) is 0 Å². The van der Waals surface area contributed by atoms with Gasteiger partial charge in [-0.25, -0.2) is 14.8 Å². The van der Waals surface area contributed by atoms with E-state index < -0.39 is 0 Å². The van der Waals surface area contributed by atoms with Gasteiger partial charge in [0.25, 0.3) is 0 Å². The molecule has 2 aliphatic carbocycles. The third kappa shape index (κ3) is 3.78. The molecular weight excluding hydrogens is 314 g/mol. The van der Waals surface area contributed by atoms with Gasteiger partial charge in [-0.05, 0) is 25.7 Å². The second kappa shape index (κ2) is 7.42. The monoisotopic (exact) mass is 341 g/mol. The van der Waals surface area contributed by atoms with Crippen LogP contribution in [0.1, 0.15) is 56.2 Å². The highest BCUT2D eigenvalue weighted by molar-refractivity contribution is 5.74. The molecular formula is C19H27N5O. The molecule has 6 nitrogen and oxygen atoms in total. The van der Waals surface area contributed by atoms with Crippen LogP contribution in [-0.2, 0) is 6.42 Å². The summed E-state index contributed by atoms with van der Waals surface area (Å²) in [5.74, 6) is 1.05. The second-order valence-corrected chi connectivity index (χ2v) is 7.38. The molecule has 1 aromatic heterocycles. The Morgan fingerprint density at radius 2 is 1.72 bits per heavy atom. The number of amides is 2. The fourth-order valence-electron chi connectivity index (χ4n) is 4.19. The molecule has 4 rings (SSSR count). The second-order valence-electron chi connectivity index (χ2n) is 7.38. The molecule has 0 aromatic carbocycles. The Morgan fingerprint density at radius 3 is 2.48 bits per heavy atom. The molecule has 2 fully saturated rings. The Morgan fingerprint density at radius 1 is 1.00 bits per heavy atom. The van der Waals surface area contributed by atoms with Crippen LogP contribution in [0.2, 0.25) is 0 Å². The first-order valence-electron chi connectivity index (χ1n) is 9.62. The van der Waals surface area contributed by atoms with Crippen molar-refractivity contribution in [1.82, 2.24) is 20.6 Å². The predicted octanol–water partition coefficient (Wildman–Crippen LogP) is 2.65. The van der Waals surface area contributed by atoms with Gasteiger partial charge < -0.3 is 15.5 Å². The van der Waals surface area contributed by atoms with Crippen molar-refractivity contribution >= 4 is 17.9 Å². The maximum absolute atomic E-state index is 12.2. The minimum atomic E-state index is 0.0104. The van der Waals surface area contributed by atoms with Gasteiger partial charge in [0.1, 0.15) is 12.1 Å². The lowest BCUT2D eigenvalue weighted by Crippen LogP contribution is -2.50. The molecule has 25 heavy (non-hydrogen) atoms. The van der Waals surface area contributed by atoms with E-state index in [0.717, 1.165) is 56.7 Å². The van der Waals surface area contributed by atoms with Gasteiger partial charge in [-0.1, -0.05) is 31.4 Å². The normalized spacial score (nSPS) is 21.2. The molecule has 1 saturated carbocycles. The van der Waals surface area contributed by atoms with Crippen molar-refractivity contribution in [1.29, 1.82) is 0 Å². The lowest BCUT2D eigenvalue weighted by atomic mass is 9.96. The van der Waals surface area contributed by atoms with Crippen LogP contribution in [0.15, 0.2) is 12.4 Å². The van der Waals surface area contributed by atoms with Gasteiger partial charge in [-0.3, -0.25) is 0 Å². The van der Waals surface area contributed by atoms with Crippen LogP contribution in [0.5, 0.6) is 0 Å². The predicted molar refractivity (Wildman–Crippen MR) is 98.5 cm³/mol. The minimum Gasteiger partial charge on any atom is -0.356 e. The molecule has 0 bridgehead atoms. The highest BCUT2D eigenvalue weighted by atomic mass is 16.2. The largest absolute Gasteiger partial charge is 0.356 e. The van der Waals surface area contributed by atoms with Crippen molar-refractivity contribution in [3.63, 3.8) is 0 Å². The van der Waals surface area contributed by atoms with E-state index in [-0.39, 0.29) is 12.1 Å². The molecule has 0 spiro atoms. The third-order valence-electron chi connectivity index (χ3n) is 5.61. The molecule has 0 unspecified atom stereocenters. The Kier molecular flexibility index (Phi) is 4.85. The van der Waals surface area contributed by atoms with Gasteiger partial charge >= 0.3 is 6.03 Å². The zero-order chi connectivity index (χ0) is 17.1. The van der Waals surface area contributed by atoms with Gasteiger partial charge in [0, 0.05) is 37.2 Å². The number of piperidine rings is 1. The zero-order valence-corrected chi connectivity index (χ0v) is 14.7. The summed E-state index contributed by atoms with van der Waals surface area (Å²) in [7, 11) is 0. The van der Waals surface area contributed by atoms with Crippen molar-refractivity contribution in [2.24, 2.45) is 0 Å². The van der Waals surface area contributed by atoms with Crippen LogP contribution in [0.25, 0.3) is 6.08 Å². The summed E-state index contributed by atoms with van der Waals surface area (Å²) in [6.07, 6.45) is 14.8. The highest BCUT2D eigenvalue weighted by Crippen LogP contribution is 2.28. The average Bonchev–Trinajstić information content (AvgIpc) is 3.12. The summed E-state index contributed by atoms with van der Waals surface area (Å²) in [5, 5.41) is 6.32. The van der Waals surface area contributed by atoms with Crippen molar-refractivity contribution in [2.75, 3.05) is 18.0 Å². The Labute approximate surface area is 149 Å². The summed E-state index contributed by atoms with van der Waals surface area (Å²) in [6.45, 7) is 1.84. The number of hydrogen-bond acceptors (Lipinski definition) is 4. The van der Waals surface area contributed by atoms with Crippen LogP contribution in [-0.4, -0.2) is 41.2 Å². The molecule has 6 heteroatoms. The number of allylic oxidation sites excluding steroid dienone is 1. The Balaban J connectivity index is 1.28. The van der Waals surface area contributed by atoms with Gasteiger partial charge in [0.15, 0.2) is 0 Å². The van der Waals surface area contributed by atoms with Gasteiger partial charge in [0.05, 0.1) is 5.69 Å². The molecule has 2 heterocycles. The van der Waals surface area contributed by atoms with Crippen molar-refractivity contribution in [3.05, 3.63) is 23.7 Å². The maximum atomic E-state index is 12.2. The lowest BCUT2D eigenvalue weighted by Gasteiger charge is -2.34. The summed E-state index contributed by atoms with van der Waals surface area (Å²) < 4.78 is 0. The van der Waals surface area contributed by atoms with E-state index in [0.29, 0.717) is 6.04 Å². The van der Waals surface area contributed by atoms with Crippen LogP contribution in [0, 0.1) is 0 Å². The number of rotatable bonds is 3. The summed E-state index contributed by atoms with van der Waals surface area (Å²) in [5.41, 5.74) is 2.29. The fraction of sp³-hybridized carbons (Fsp3) is 0.632. The van der Waals surface area contributed by atoms with E-state index in [1.165, 1.54) is 24.8 Å². The van der Waals surface area contributed by atoms with E-state index in [9.17, 15) is 4.79 Å². The highest BCUT2D eigenvalue weighted by Gasteiger charge is 2.25. The molecule has 2 N–H and O–H groups in total. The smallest absolute Gasteiger partial charge is 0.315 e. The van der Waals surface area contributed by atoms with E-state index >= 15 is 0 Å². The van der Waals surface area contributed by atoms with E-state index in [4.69, 9.17) is 0 Å². The molecule has 3 aliphatic rings. The molecule has 0 atom stereocenters. The lowest BCUT2D eigenvalue weighted by molar-refractivity contribution is 0.226. The Bertz CT molecular complexity index is 645. The fourth-order valence-corrected chi connectivity index (χ4v) is 4.19. The van der Waals surface area contributed by atoms with E-state index in [2.05, 4.69) is 37.7 Å². The topological polar surface area (TPSA) is 70.2 Å². The van der Waals surface area contributed by atoms with Crippen molar-refractivity contribution in [3.8, 4) is 0 Å². The summed E-state index contributed by atoms with van der Waals surface area (Å²) in [4.78, 5) is 23.4. The van der Waals surface area contributed by atoms with Crippen LogP contribution in [0.3, 0.4) is 0 Å². The van der Waals surface area contributed by atoms with Crippen LogP contribution >= 0.6 is 0 Å². The van der Waals surface area contributed by atoms with Gasteiger partial charge in [-0.15, -0.1) is 0 Å². The third-order valence-corrected chi connectivity index (χ3v) is 5.61. The number of nitrogens with zero attached hydrogens (tertiary/aromatic N) is 3. The number of fused-ring (bicyclic) bond motifs is 1. The number of carbonyl (C=O) groups is 1.